The summed E-state index contributed by atoms with van der Waals surface area (Å²) in [6, 6.07) is 0. The molecule has 3 N–H and O–H groups in total. The number of halogens is 4. The van der Waals surface area contributed by atoms with E-state index in [1.165, 1.54) is 0 Å². The molecule has 12 heteroatoms. The van der Waals surface area contributed by atoms with E-state index in [2.05, 4.69) is 58.6 Å². The summed E-state index contributed by atoms with van der Waals surface area (Å²) < 4.78 is 64.4. The third-order valence-corrected chi connectivity index (χ3v) is 17.0. The second kappa shape index (κ2) is 14.2. The number of nitrogens with zero attached hydrogens (tertiary/aromatic N) is 1. The fourth-order valence-electron chi connectivity index (χ4n) is 13.9. The number of carbonyl (C=O) groups excluding carboxylic acids is 2. The van der Waals surface area contributed by atoms with Gasteiger partial charge in [-0.25, -0.2) is 23.1 Å². The maximum atomic E-state index is 14.7. The Balaban J connectivity index is 1.23. The van der Waals surface area contributed by atoms with Crippen LogP contribution in [0.25, 0.3) is 0 Å². The average Bonchev–Trinajstić information content (AvgIpc) is 3.48. The molecule has 0 radical (unpaired) electrons. The summed E-state index contributed by atoms with van der Waals surface area (Å²) in [5.41, 5.74) is 3.81. The zero-order chi connectivity index (χ0) is 41.6. The van der Waals surface area contributed by atoms with Crippen molar-refractivity contribution in [2.24, 2.45) is 67.2 Å². The number of carboxylic acid groups (broad SMARTS) is 1. The van der Waals surface area contributed by atoms with Crippen LogP contribution in [0, 0.1) is 90.9 Å². The first-order valence-electron chi connectivity index (χ1n) is 20.5. The van der Waals surface area contributed by atoms with Gasteiger partial charge in [0.25, 0.3) is 0 Å². The topological polar surface area (TPSA) is 129 Å². The van der Waals surface area contributed by atoms with E-state index in [9.17, 15) is 37.1 Å². The standard InChI is InChI=1S/C44H61F4N3O5/c1-23(2)24-12-17-44(20-30(52)50-22-25-33(45)35(47)37(51-49)36(48)34(25)46)19-18-42(8)26(32(24)44)10-11-28-41(7)15-14-29(56-31(53)21-39(3,4)38(54)55)40(5,6)27(41)13-16-43(28,42)9/h24,26-29,32,49H,1,10-22H2,2-9H3,(H,50,52)(H,54,55)/t24-,26+,27-,28+,29-,32+,41-,42+,43+,44+/m0/s1. The number of carbonyl (C=O) groups is 3. The average molecular weight is 788 g/mol. The maximum Gasteiger partial charge on any atom is 0.309 e. The molecule has 5 fully saturated rings. The second-order valence-corrected chi connectivity index (χ2v) is 20.4. The van der Waals surface area contributed by atoms with Gasteiger partial charge in [-0.15, -0.1) is 0 Å². The van der Waals surface area contributed by atoms with Crippen molar-refractivity contribution in [1.82, 2.24) is 5.32 Å². The Kier molecular flexibility index (Phi) is 10.7. The fraction of sp³-hybridized carbons (Fsp3) is 0.750. The minimum Gasteiger partial charge on any atom is -0.481 e. The molecule has 5 saturated carbocycles. The molecule has 1 aromatic carbocycles. The molecule has 0 unspecified atom stereocenters. The SMILES string of the molecule is C=C(C)[C@@H]1CC[C@]2(CC(=O)NCc3c(F)c(F)c(N=N)c(F)c3F)CC[C@]3(C)[C@H](CC[C@@H]4[C@@]5(C)CC[C@H](OC(=O)CC(C)(C)C(=O)O)C(C)(C)[C@@H]5CC[C@]43C)[C@@H]12. The molecule has 0 spiro atoms. The van der Waals surface area contributed by atoms with Crippen LogP contribution in [0.4, 0.5) is 23.2 Å². The molecule has 0 saturated heterocycles. The normalized spacial score (nSPS) is 37.3. The maximum absolute atomic E-state index is 14.7. The Bertz CT molecular complexity index is 1800. The van der Waals surface area contributed by atoms with E-state index in [0.717, 1.165) is 69.8 Å². The number of hydrogen-bond acceptors (Lipinski definition) is 6. The van der Waals surface area contributed by atoms with Gasteiger partial charge in [-0.1, -0.05) is 46.8 Å². The van der Waals surface area contributed by atoms with Gasteiger partial charge in [0, 0.05) is 23.9 Å². The molecule has 0 aromatic heterocycles. The first-order valence-corrected chi connectivity index (χ1v) is 20.5. The molecule has 8 nitrogen and oxygen atoms in total. The predicted molar refractivity (Wildman–Crippen MR) is 202 cm³/mol. The van der Waals surface area contributed by atoms with Crippen LogP contribution in [0.5, 0.6) is 0 Å². The first-order chi connectivity index (χ1) is 25.9. The Hall–Kier alpha value is -3.31. The monoisotopic (exact) mass is 787 g/mol. The van der Waals surface area contributed by atoms with Crippen molar-refractivity contribution in [3.05, 3.63) is 41.0 Å². The summed E-state index contributed by atoms with van der Waals surface area (Å²) in [6.07, 6.45) is 8.81. The lowest BCUT2D eigenvalue weighted by Gasteiger charge is -2.73. The summed E-state index contributed by atoms with van der Waals surface area (Å²) >= 11 is 0. The molecule has 0 aliphatic heterocycles. The Labute approximate surface area is 328 Å². The zero-order valence-electron chi connectivity index (χ0n) is 34.4. The molecule has 0 bridgehead atoms. The lowest BCUT2D eigenvalue weighted by atomic mass is 9.32. The van der Waals surface area contributed by atoms with Gasteiger partial charge >= 0.3 is 11.9 Å². The molecule has 5 aliphatic rings. The highest BCUT2D eigenvalue weighted by molar-refractivity contribution is 5.81. The van der Waals surface area contributed by atoms with Crippen LogP contribution in [0.3, 0.4) is 0 Å². The van der Waals surface area contributed by atoms with E-state index in [1.54, 1.807) is 13.8 Å². The summed E-state index contributed by atoms with van der Waals surface area (Å²) in [5, 5.41) is 14.7. The van der Waals surface area contributed by atoms with Gasteiger partial charge in [-0.05, 0) is 136 Å². The van der Waals surface area contributed by atoms with Crippen LogP contribution in [-0.4, -0.2) is 29.1 Å². The van der Waals surface area contributed by atoms with Crippen LogP contribution >= 0.6 is 0 Å². The minimum absolute atomic E-state index is 0.00202. The molecular formula is C44H61F4N3O5. The smallest absolute Gasteiger partial charge is 0.309 e. The number of hydrogen-bond donors (Lipinski definition) is 3. The molecule has 1 aromatic rings. The number of benzene rings is 1. The van der Waals surface area contributed by atoms with E-state index >= 15 is 0 Å². The second-order valence-electron chi connectivity index (χ2n) is 20.4. The van der Waals surface area contributed by atoms with Crippen LogP contribution in [0.15, 0.2) is 17.3 Å². The first kappa shape index (κ1) is 42.3. The van der Waals surface area contributed by atoms with Crippen LogP contribution in [0.2, 0.25) is 0 Å². The number of fused-ring (bicyclic) bond motifs is 7. The molecule has 56 heavy (non-hydrogen) atoms. The summed E-state index contributed by atoms with van der Waals surface area (Å²) in [4.78, 5) is 38.5. The van der Waals surface area contributed by atoms with Gasteiger partial charge in [-0.3, -0.25) is 14.4 Å². The predicted octanol–water partition coefficient (Wildman–Crippen LogP) is 11.0. The summed E-state index contributed by atoms with van der Waals surface area (Å²) in [6.45, 7) is 20.7. The molecule has 310 valence electrons. The molecule has 5 aliphatic carbocycles. The number of nitrogens with one attached hydrogen (secondary N) is 2. The van der Waals surface area contributed by atoms with Crippen LogP contribution < -0.4 is 5.32 Å². The Morgan fingerprint density at radius 3 is 2.11 bits per heavy atom. The number of esters is 1. The van der Waals surface area contributed by atoms with Crippen LogP contribution in [-0.2, 0) is 25.7 Å². The van der Waals surface area contributed by atoms with Crippen molar-refractivity contribution >= 4 is 23.5 Å². The van der Waals surface area contributed by atoms with E-state index in [4.69, 9.17) is 10.3 Å². The lowest BCUT2D eigenvalue weighted by Crippen LogP contribution is -2.67. The molecule has 6 rings (SSSR count). The highest BCUT2D eigenvalue weighted by Gasteiger charge is 2.71. The van der Waals surface area contributed by atoms with Crippen molar-refractivity contribution in [2.75, 3.05) is 0 Å². The van der Waals surface area contributed by atoms with Gasteiger partial charge < -0.3 is 15.2 Å². The number of aliphatic carboxylic acids is 1. The largest absolute Gasteiger partial charge is 0.481 e. The van der Waals surface area contributed by atoms with Crippen LogP contribution in [0.1, 0.15) is 138 Å². The summed E-state index contributed by atoms with van der Waals surface area (Å²) in [7, 11) is 0. The number of rotatable bonds is 10. The van der Waals surface area contributed by atoms with E-state index in [1.807, 2.05) is 0 Å². The minimum atomic E-state index is -1.77. The lowest BCUT2D eigenvalue weighted by molar-refractivity contribution is -0.250. The van der Waals surface area contributed by atoms with E-state index < -0.39 is 64.3 Å². The Morgan fingerprint density at radius 2 is 1.52 bits per heavy atom. The molecule has 0 heterocycles. The van der Waals surface area contributed by atoms with Gasteiger partial charge in [0.05, 0.1) is 11.8 Å². The third-order valence-electron chi connectivity index (χ3n) is 17.0. The molecule has 10 atom stereocenters. The molecule has 1 amide bonds. The van der Waals surface area contributed by atoms with Crippen molar-refractivity contribution in [2.45, 2.75) is 145 Å². The van der Waals surface area contributed by atoms with Gasteiger partial charge in [-0.2, -0.15) is 5.11 Å². The van der Waals surface area contributed by atoms with Crippen molar-refractivity contribution in [1.29, 1.82) is 5.53 Å². The number of ether oxygens (including phenoxy) is 1. The summed E-state index contributed by atoms with van der Waals surface area (Å²) in [5.74, 6) is -7.35. The Morgan fingerprint density at radius 1 is 0.875 bits per heavy atom. The zero-order valence-corrected chi connectivity index (χ0v) is 34.4. The van der Waals surface area contributed by atoms with Gasteiger partial charge in [0.15, 0.2) is 29.0 Å². The highest BCUT2D eigenvalue weighted by atomic mass is 19.2. The van der Waals surface area contributed by atoms with Gasteiger partial charge in [0.2, 0.25) is 5.91 Å². The molecular weight excluding hydrogens is 726 g/mol. The van der Waals surface area contributed by atoms with Crippen molar-refractivity contribution in [3.8, 4) is 0 Å². The number of amides is 1. The van der Waals surface area contributed by atoms with E-state index in [-0.39, 0.29) is 57.9 Å². The number of allylic oxidation sites excluding steroid dienone is 1. The highest BCUT2D eigenvalue weighted by Crippen LogP contribution is 2.78. The van der Waals surface area contributed by atoms with Crippen molar-refractivity contribution in [3.63, 3.8) is 0 Å². The number of carboxylic acids is 1. The van der Waals surface area contributed by atoms with Crippen molar-refractivity contribution < 1.29 is 41.8 Å². The van der Waals surface area contributed by atoms with Gasteiger partial charge in [0.1, 0.15) is 6.10 Å². The quantitative estimate of drug-likeness (QED) is 0.0715. The third kappa shape index (κ3) is 6.32. The van der Waals surface area contributed by atoms with E-state index in [0.29, 0.717) is 17.8 Å². The fourth-order valence-corrected chi connectivity index (χ4v) is 13.9.